The number of carbonyl (C=O) groups is 4. The minimum absolute atomic E-state index is 0.0701. The second-order valence-corrected chi connectivity index (χ2v) is 11.3. The Balaban J connectivity index is 1.25. The number of carbonyl (C=O) groups excluding carboxylic acids is 4. The average molecular weight is 703 g/mol. The third kappa shape index (κ3) is 9.11. The molecular weight excluding hydrogens is 668 g/mol. The number of aliphatic hydroxyl groups excluding tert-OH is 1. The SMILES string of the molecule is O=C(OCc1ccccc1)OC[C@H]1O[C@@H](n2cnc3c2NCC(O)NC3=O)[C@H](OC(=O)OCc2ccccc2)[C@@H]1OC(=O)OCc1ccccc1. The van der Waals surface area contributed by atoms with Crippen molar-refractivity contribution in [1.82, 2.24) is 14.9 Å². The molecule has 0 saturated carbocycles. The van der Waals surface area contributed by atoms with Crippen LogP contribution in [-0.2, 0) is 53.0 Å². The predicted molar refractivity (Wildman–Crippen MR) is 174 cm³/mol. The number of fused-ring (bicyclic) bond motifs is 1. The molecule has 4 aromatic rings. The summed E-state index contributed by atoms with van der Waals surface area (Å²) in [5, 5.41) is 15.4. The Morgan fingerprint density at radius 1 is 0.745 bits per heavy atom. The van der Waals surface area contributed by atoms with Crippen molar-refractivity contribution in [1.29, 1.82) is 0 Å². The standard InChI is InChI=1S/C35H34N4O12/c40-26-16-36-30-27(31(41)38-26)37-21-39(30)32-29(51-35(44)47-19-24-14-8-3-9-15-24)28(50-34(43)46-18-23-12-6-2-7-13-23)25(49-32)20-48-33(42)45-17-22-10-4-1-5-11-22/h1-15,21,25-26,28-29,32,36,40H,16-20H2,(H,38,41)/t25-,26?,28-,29-,32-/m1/s1. The van der Waals surface area contributed by atoms with Crippen LogP contribution in [-0.4, -0.2) is 76.7 Å². The monoisotopic (exact) mass is 702 g/mol. The lowest BCUT2D eigenvalue weighted by Crippen LogP contribution is -2.41. The Hall–Kier alpha value is -6.13. The van der Waals surface area contributed by atoms with E-state index in [4.69, 9.17) is 33.2 Å². The molecule has 1 amide bonds. The van der Waals surface area contributed by atoms with Gasteiger partial charge in [-0.2, -0.15) is 0 Å². The number of hydrogen-bond acceptors (Lipinski definition) is 14. The number of ether oxygens (including phenoxy) is 7. The van der Waals surface area contributed by atoms with Crippen molar-refractivity contribution in [2.45, 2.75) is 50.6 Å². The van der Waals surface area contributed by atoms with Gasteiger partial charge in [0.1, 0.15) is 44.6 Å². The van der Waals surface area contributed by atoms with Gasteiger partial charge in [-0.3, -0.25) is 9.36 Å². The van der Waals surface area contributed by atoms with Crippen molar-refractivity contribution in [2.75, 3.05) is 18.5 Å². The summed E-state index contributed by atoms with van der Waals surface area (Å²) in [5.41, 5.74) is 1.99. The summed E-state index contributed by atoms with van der Waals surface area (Å²) in [7, 11) is 0. The quantitative estimate of drug-likeness (QED) is 0.150. The zero-order chi connectivity index (χ0) is 35.6. The van der Waals surface area contributed by atoms with Crippen molar-refractivity contribution in [2.24, 2.45) is 0 Å². The van der Waals surface area contributed by atoms with Gasteiger partial charge in [-0.1, -0.05) is 91.0 Å². The molecule has 0 radical (unpaired) electrons. The van der Waals surface area contributed by atoms with Crippen molar-refractivity contribution < 1.29 is 57.4 Å². The molecule has 3 N–H and O–H groups in total. The second kappa shape index (κ2) is 16.5. The first-order chi connectivity index (χ1) is 24.8. The lowest BCUT2D eigenvalue weighted by molar-refractivity contribution is -0.0695. The Bertz CT molecular complexity index is 1790. The summed E-state index contributed by atoms with van der Waals surface area (Å²) in [5.74, 6) is -0.577. The summed E-state index contributed by atoms with van der Waals surface area (Å²) < 4.78 is 40.3. The van der Waals surface area contributed by atoms with E-state index < -0.39 is 61.7 Å². The molecule has 0 aliphatic carbocycles. The van der Waals surface area contributed by atoms with Crippen molar-refractivity contribution in [3.8, 4) is 0 Å². The fourth-order valence-electron chi connectivity index (χ4n) is 5.32. The molecule has 0 spiro atoms. The van der Waals surface area contributed by atoms with E-state index in [2.05, 4.69) is 15.6 Å². The highest BCUT2D eigenvalue weighted by Crippen LogP contribution is 2.37. The molecule has 16 heteroatoms. The molecule has 2 aliphatic heterocycles. The molecule has 1 aromatic heterocycles. The predicted octanol–water partition coefficient (Wildman–Crippen LogP) is 4.05. The molecule has 1 unspecified atom stereocenters. The number of imidazole rings is 1. The average Bonchev–Trinajstić information content (AvgIpc) is 3.68. The summed E-state index contributed by atoms with van der Waals surface area (Å²) in [4.78, 5) is 55.7. The number of nitrogens with zero attached hydrogens (tertiary/aromatic N) is 2. The van der Waals surface area contributed by atoms with E-state index in [1.54, 1.807) is 72.8 Å². The van der Waals surface area contributed by atoms with Crippen molar-refractivity contribution in [3.63, 3.8) is 0 Å². The smallest absolute Gasteiger partial charge is 0.431 e. The maximum atomic E-state index is 13.1. The highest BCUT2D eigenvalue weighted by Gasteiger charge is 2.52. The molecule has 266 valence electrons. The third-order valence-corrected chi connectivity index (χ3v) is 7.76. The molecule has 3 aromatic carbocycles. The summed E-state index contributed by atoms with van der Waals surface area (Å²) in [6.07, 6.45) is -8.83. The first kappa shape index (κ1) is 34.7. The Morgan fingerprint density at radius 3 is 1.80 bits per heavy atom. The highest BCUT2D eigenvalue weighted by atomic mass is 16.8. The van der Waals surface area contributed by atoms with Gasteiger partial charge in [0.2, 0.25) is 0 Å². The van der Waals surface area contributed by atoms with Crippen LogP contribution in [0.3, 0.4) is 0 Å². The molecular formula is C35H34N4O12. The maximum Gasteiger partial charge on any atom is 0.509 e. The Kier molecular flexibility index (Phi) is 11.2. The van der Waals surface area contributed by atoms with Gasteiger partial charge in [0, 0.05) is 0 Å². The van der Waals surface area contributed by atoms with E-state index in [1.165, 1.54) is 10.9 Å². The summed E-state index contributed by atoms with van der Waals surface area (Å²) in [6, 6.07) is 26.6. The number of aliphatic hydroxyl groups is 1. The van der Waals surface area contributed by atoms with Gasteiger partial charge >= 0.3 is 18.5 Å². The molecule has 6 rings (SSSR count). The number of aromatic nitrogens is 2. The van der Waals surface area contributed by atoms with E-state index >= 15 is 0 Å². The highest BCUT2D eigenvalue weighted by molar-refractivity contribution is 5.97. The molecule has 3 heterocycles. The number of nitrogens with one attached hydrogen (secondary N) is 2. The van der Waals surface area contributed by atoms with Crippen LogP contribution in [0.1, 0.15) is 33.4 Å². The van der Waals surface area contributed by atoms with Crippen LogP contribution >= 0.6 is 0 Å². The van der Waals surface area contributed by atoms with Gasteiger partial charge in [-0.15, -0.1) is 0 Å². The Morgan fingerprint density at radius 2 is 1.25 bits per heavy atom. The van der Waals surface area contributed by atoms with Crippen LogP contribution in [0, 0.1) is 0 Å². The zero-order valence-corrected chi connectivity index (χ0v) is 27.0. The number of anilines is 1. The maximum absolute atomic E-state index is 13.1. The van der Waals surface area contributed by atoms with E-state index in [-0.39, 0.29) is 37.9 Å². The first-order valence-corrected chi connectivity index (χ1v) is 15.9. The minimum atomic E-state index is -1.47. The van der Waals surface area contributed by atoms with Crippen LogP contribution in [0.15, 0.2) is 97.3 Å². The molecule has 2 aliphatic rings. The van der Waals surface area contributed by atoms with Gasteiger partial charge in [0.05, 0.1) is 12.9 Å². The number of β-amino-alcohol motifs (C(OH)–C–C–N with tert-alkyl or cyclic N) is 1. The zero-order valence-electron chi connectivity index (χ0n) is 27.0. The van der Waals surface area contributed by atoms with E-state index in [9.17, 15) is 24.3 Å². The van der Waals surface area contributed by atoms with Crippen LogP contribution in [0.4, 0.5) is 20.2 Å². The summed E-state index contributed by atoms with van der Waals surface area (Å²) >= 11 is 0. The number of hydrogen-bond donors (Lipinski definition) is 3. The number of amides is 1. The van der Waals surface area contributed by atoms with Crippen LogP contribution in [0.5, 0.6) is 0 Å². The van der Waals surface area contributed by atoms with E-state index in [0.717, 1.165) is 5.56 Å². The normalized spacial score (nSPS) is 20.8. The molecule has 1 saturated heterocycles. The fourth-order valence-corrected chi connectivity index (χ4v) is 5.32. The summed E-state index contributed by atoms with van der Waals surface area (Å²) in [6.45, 7) is -0.969. The van der Waals surface area contributed by atoms with Crippen molar-refractivity contribution in [3.05, 3.63) is 120 Å². The lowest BCUT2D eigenvalue weighted by atomic mass is 10.1. The third-order valence-electron chi connectivity index (χ3n) is 7.76. The van der Waals surface area contributed by atoms with E-state index in [1.807, 2.05) is 18.2 Å². The van der Waals surface area contributed by atoms with Gasteiger partial charge in [0.15, 0.2) is 24.1 Å². The van der Waals surface area contributed by atoms with Crippen LogP contribution in [0.25, 0.3) is 0 Å². The Labute approximate surface area is 291 Å². The van der Waals surface area contributed by atoms with Crippen LogP contribution in [0.2, 0.25) is 0 Å². The molecule has 5 atom stereocenters. The molecule has 0 bridgehead atoms. The molecule has 51 heavy (non-hydrogen) atoms. The van der Waals surface area contributed by atoms with Crippen molar-refractivity contribution >= 4 is 30.2 Å². The van der Waals surface area contributed by atoms with Gasteiger partial charge in [0.25, 0.3) is 5.91 Å². The van der Waals surface area contributed by atoms with Gasteiger partial charge in [-0.05, 0) is 16.7 Å². The van der Waals surface area contributed by atoms with Gasteiger partial charge < -0.3 is 48.9 Å². The largest absolute Gasteiger partial charge is 0.509 e. The second-order valence-electron chi connectivity index (χ2n) is 11.3. The van der Waals surface area contributed by atoms with Crippen LogP contribution < -0.4 is 10.6 Å². The fraction of sp³-hybridized carbons (Fsp3) is 0.286. The number of benzene rings is 3. The molecule has 1 fully saturated rings. The van der Waals surface area contributed by atoms with E-state index in [0.29, 0.717) is 11.1 Å². The minimum Gasteiger partial charge on any atom is -0.431 e. The molecule has 16 nitrogen and oxygen atoms in total. The lowest BCUT2D eigenvalue weighted by Gasteiger charge is -2.25. The van der Waals surface area contributed by atoms with Gasteiger partial charge in [-0.25, -0.2) is 19.4 Å². The first-order valence-electron chi connectivity index (χ1n) is 15.9. The number of rotatable bonds is 11. The topological polar surface area (TPSA) is 195 Å².